The van der Waals surface area contributed by atoms with E-state index in [0.29, 0.717) is 11.5 Å². The van der Waals surface area contributed by atoms with E-state index in [-0.39, 0.29) is 10.8 Å². The number of carbonyl (C=O) groups is 1. The Bertz CT molecular complexity index is 900. The zero-order chi connectivity index (χ0) is 16.7. The molecule has 23 heavy (non-hydrogen) atoms. The predicted octanol–water partition coefficient (Wildman–Crippen LogP) is 3.47. The van der Waals surface area contributed by atoms with Gasteiger partial charge < -0.3 is 10.0 Å². The van der Waals surface area contributed by atoms with Crippen LogP contribution in [-0.2, 0) is 0 Å². The number of aryl methyl sites for hydroxylation is 2. The molecule has 3 rings (SSSR count). The second-order valence-electron chi connectivity index (χ2n) is 5.34. The largest absolute Gasteiger partial charge is 0.476 e. The monoisotopic (exact) mass is 330 g/mol. The molecule has 1 aromatic carbocycles. The van der Waals surface area contributed by atoms with Crippen molar-refractivity contribution < 1.29 is 9.90 Å². The summed E-state index contributed by atoms with van der Waals surface area (Å²) in [5.41, 5.74) is 3.53. The van der Waals surface area contributed by atoms with E-state index in [9.17, 15) is 4.79 Å². The number of benzene rings is 1. The number of carboxylic acids is 1. The van der Waals surface area contributed by atoms with E-state index < -0.39 is 5.97 Å². The Morgan fingerprint density at radius 2 is 1.91 bits per heavy atom. The first-order valence-electron chi connectivity index (χ1n) is 6.98. The number of rotatable bonds is 3. The molecular formula is C16H15ClN4O2. The highest BCUT2D eigenvalue weighted by molar-refractivity contribution is 6.29. The standard InChI is InChI=1S/C16H15ClN4O2/c1-9-5-4-6-10(2)15(9)20(3)14-8-12(17)18-13-7-11(16(22)23)19-21(13)14/h4-8H,1-3H3,(H,22,23). The molecule has 0 amide bonds. The van der Waals surface area contributed by atoms with Crippen molar-refractivity contribution in [3.63, 3.8) is 0 Å². The van der Waals surface area contributed by atoms with Gasteiger partial charge in [0.1, 0.15) is 11.0 Å². The number of hydrogen-bond acceptors (Lipinski definition) is 4. The highest BCUT2D eigenvalue weighted by Gasteiger charge is 2.18. The van der Waals surface area contributed by atoms with Crippen LogP contribution in [0, 0.1) is 13.8 Å². The predicted molar refractivity (Wildman–Crippen MR) is 88.9 cm³/mol. The van der Waals surface area contributed by atoms with Crippen LogP contribution in [0.3, 0.4) is 0 Å². The summed E-state index contributed by atoms with van der Waals surface area (Å²) in [6.45, 7) is 4.04. The molecule has 0 aliphatic heterocycles. The quantitative estimate of drug-likeness (QED) is 0.745. The van der Waals surface area contributed by atoms with E-state index in [1.807, 2.05) is 44.0 Å². The fraction of sp³-hybridized carbons (Fsp3) is 0.188. The zero-order valence-electron chi connectivity index (χ0n) is 12.9. The summed E-state index contributed by atoms with van der Waals surface area (Å²) in [6.07, 6.45) is 0. The van der Waals surface area contributed by atoms with E-state index in [4.69, 9.17) is 16.7 Å². The smallest absolute Gasteiger partial charge is 0.356 e. The third-order valence-corrected chi connectivity index (χ3v) is 3.91. The van der Waals surface area contributed by atoms with E-state index in [1.54, 1.807) is 6.07 Å². The first-order chi connectivity index (χ1) is 10.9. The van der Waals surface area contributed by atoms with Crippen molar-refractivity contribution in [3.05, 3.63) is 52.3 Å². The summed E-state index contributed by atoms with van der Waals surface area (Å²) in [5.74, 6) is -0.461. The second kappa shape index (κ2) is 5.55. The van der Waals surface area contributed by atoms with Crippen LogP contribution in [0.15, 0.2) is 30.3 Å². The van der Waals surface area contributed by atoms with Crippen molar-refractivity contribution >= 4 is 34.7 Å². The molecule has 0 saturated carbocycles. The normalized spacial score (nSPS) is 11.0. The van der Waals surface area contributed by atoms with Crippen molar-refractivity contribution in [2.24, 2.45) is 0 Å². The number of hydrogen-bond donors (Lipinski definition) is 1. The van der Waals surface area contributed by atoms with Gasteiger partial charge in [-0.2, -0.15) is 9.61 Å². The molecule has 3 aromatic rings. The summed E-state index contributed by atoms with van der Waals surface area (Å²) in [4.78, 5) is 17.2. The minimum atomic E-state index is -1.10. The molecule has 2 aromatic heterocycles. The van der Waals surface area contributed by atoms with E-state index >= 15 is 0 Å². The van der Waals surface area contributed by atoms with Crippen LogP contribution in [0.2, 0.25) is 5.15 Å². The number of aromatic nitrogens is 3. The lowest BCUT2D eigenvalue weighted by atomic mass is 10.1. The van der Waals surface area contributed by atoms with Crippen molar-refractivity contribution in [2.45, 2.75) is 13.8 Å². The Morgan fingerprint density at radius 3 is 2.52 bits per heavy atom. The fourth-order valence-corrected chi connectivity index (χ4v) is 2.91. The Labute approximate surface area is 137 Å². The van der Waals surface area contributed by atoms with Gasteiger partial charge in [0.05, 0.1) is 0 Å². The molecule has 0 unspecified atom stereocenters. The van der Waals surface area contributed by atoms with Gasteiger partial charge >= 0.3 is 5.97 Å². The molecule has 6 nitrogen and oxygen atoms in total. The number of aromatic carboxylic acids is 1. The van der Waals surface area contributed by atoms with Crippen LogP contribution in [0.5, 0.6) is 0 Å². The first kappa shape index (κ1) is 15.3. The highest BCUT2D eigenvalue weighted by atomic mass is 35.5. The summed E-state index contributed by atoms with van der Waals surface area (Å²) >= 11 is 6.10. The van der Waals surface area contributed by atoms with Gasteiger partial charge in [-0.05, 0) is 25.0 Å². The lowest BCUT2D eigenvalue weighted by Crippen LogP contribution is -2.17. The minimum absolute atomic E-state index is 0.0732. The summed E-state index contributed by atoms with van der Waals surface area (Å²) < 4.78 is 1.49. The van der Waals surface area contributed by atoms with Crippen LogP contribution >= 0.6 is 11.6 Å². The van der Waals surface area contributed by atoms with Gasteiger partial charge in [0, 0.05) is 24.9 Å². The van der Waals surface area contributed by atoms with Gasteiger partial charge in [-0.1, -0.05) is 29.8 Å². The van der Waals surface area contributed by atoms with Gasteiger partial charge in [0.15, 0.2) is 11.3 Å². The lowest BCUT2D eigenvalue weighted by Gasteiger charge is -2.24. The van der Waals surface area contributed by atoms with Crippen molar-refractivity contribution in [1.29, 1.82) is 0 Å². The van der Waals surface area contributed by atoms with Gasteiger partial charge in [0.25, 0.3) is 0 Å². The summed E-state index contributed by atoms with van der Waals surface area (Å²) in [5, 5.41) is 13.5. The van der Waals surface area contributed by atoms with Crippen LogP contribution < -0.4 is 4.90 Å². The Kier molecular flexibility index (Phi) is 3.69. The summed E-state index contributed by atoms with van der Waals surface area (Å²) in [6, 6.07) is 9.10. The Balaban J connectivity index is 2.24. The van der Waals surface area contributed by atoms with Crippen molar-refractivity contribution in [1.82, 2.24) is 14.6 Å². The molecule has 0 aliphatic rings. The van der Waals surface area contributed by atoms with Crippen LogP contribution in [0.25, 0.3) is 5.65 Å². The van der Waals surface area contributed by atoms with Crippen molar-refractivity contribution in [2.75, 3.05) is 11.9 Å². The van der Waals surface area contributed by atoms with E-state index in [0.717, 1.165) is 16.8 Å². The van der Waals surface area contributed by atoms with Crippen LogP contribution in [-0.4, -0.2) is 32.7 Å². The van der Waals surface area contributed by atoms with Gasteiger partial charge in [0.2, 0.25) is 0 Å². The SMILES string of the molecule is Cc1cccc(C)c1N(C)c1cc(Cl)nc2cc(C(=O)O)nn12. The number of carboxylic acid groups (broad SMARTS) is 1. The lowest BCUT2D eigenvalue weighted by molar-refractivity contribution is 0.0690. The Morgan fingerprint density at radius 1 is 1.26 bits per heavy atom. The highest BCUT2D eigenvalue weighted by Crippen LogP contribution is 2.31. The molecule has 0 saturated heterocycles. The molecule has 2 heterocycles. The average Bonchev–Trinajstić information content (AvgIpc) is 2.90. The minimum Gasteiger partial charge on any atom is -0.476 e. The fourth-order valence-electron chi connectivity index (χ4n) is 2.72. The molecule has 0 fully saturated rings. The van der Waals surface area contributed by atoms with Gasteiger partial charge in [-0.15, -0.1) is 0 Å². The molecule has 0 radical (unpaired) electrons. The summed E-state index contributed by atoms with van der Waals surface area (Å²) in [7, 11) is 1.89. The number of fused-ring (bicyclic) bond motifs is 1. The molecule has 1 N–H and O–H groups in total. The van der Waals surface area contributed by atoms with Crippen LogP contribution in [0.4, 0.5) is 11.5 Å². The average molecular weight is 331 g/mol. The molecule has 0 aliphatic carbocycles. The molecule has 118 valence electrons. The molecule has 0 spiro atoms. The maximum atomic E-state index is 11.2. The zero-order valence-corrected chi connectivity index (χ0v) is 13.7. The number of para-hydroxylation sites is 1. The van der Waals surface area contributed by atoms with Gasteiger partial charge in [-0.3, -0.25) is 0 Å². The number of anilines is 2. The Hall–Kier alpha value is -2.60. The topological polar surface area (TPSA) is 70.7 Å². The molecular weight excluding hydrogens is 316 g/mol. The third-order valence-electron chi connectivity index (χ3n) is 3.71. The van der Waals surface area contributed by atoms with Gasteiger partial charge in [-0.25, -0.2) is 9.78 Å². The molecule has 0 bridgehead atoms. The van der Waals surface area contributed by atoms with Crippen LogP contribution in [0.1, 0.15) is 21.6 Å². The maximum Gasteiger partial charge on any atom is 0.356 e. The van der Waals surface area contributed by atoms with E-state index in [2.05, 4.69) is 10.1 Å². The van der Waals surface area contributed by atoms with Crippen molar-refractivity contribution in [3.8, 4) is 0 Å². The number of nitrogens with zero attached hydrogens (tertiary/aromatic N) is 4. The third kappa shape index (κ3) is 2.61. The maximum absolute atomic E-state index is 11.2. The molecule has 0 atom stereocenters. The first-order valence-corrected chi connectivity index (χ1v) is 7.36. The van der Waals surface area contributed by atoms with E-state index in [1.165, 1.54) is 10.6 Å². The number of halogens is 1. The molecule has 7 heteroatoms. The second-order valence-corrected chi connectivity index (χ2v) is 5.73.